The van der Waals surface area contributed by atoms with Crippen LogP contribution in [-0.2, 0) is 22.2 Å². The molecule has 0 radical (unpaired) electrons. The van der Waals surface area contributed by atoms with Gasteiger partial charge in [-0.3, -0.25) is 0 Å². The lowest BCUT2D eigenvalue weighted by Gasteiger charge is -2.11. The average molecular weight is 337 g/mol. The maximum Gasteiger partial charge on any atom is 0.152 e. The highest BCUT2D eigenvalue weighted by Gasteiger charge is 2.08. The van der Waals surface area contributed by atoms with Crippen LogP contribution in [-0.4, -0.2) is 52.6 Å². The average Bonchev–Trinajstić information content (AvgIpc) is 2.29. The van der Waals surface area contributed by atoms with E-state index in [9.17, 15) is 8.42 Å². The highest BCUT2D eigenvalue weighted by Crippen LogP contribution is 2.23. The highest BCUT2D eigenvalue weighted by molar-refractivity contribution is 8.76. The first-order chi connectivity index (χ1) is 8.41. The van der Waals surface area contributed by atoms with Crippen LogP contribution in [0.2, 0.25) is 0 Å². The molecule has 4 atom stereocenters. The molecule has 0 aromatic rings. The van der Waals surface area contributed by atoms with Crippen molar-refractivity contribution in [1.29, 1.82) is 0 Å². The van der Waals surface area contributed by atoms with Gasteiger partial charge in [-0.05, 0) is 12.8 Å². The van der Waals surface area contributed by atoms with Gasteiger partial charge < -0.3 is 20.6 Å². The lowest BCUT2D eigenvalue weighted by molar-refractivity contribution is 0.556. The van der Waals surface area contributed by atoms with Gasteiger partial charge in [0.1, 0.15) is 0 Å². The molecule has 0 saturated heterocycles. The van der Waals surface area contributed by atoms with E-state index in [0.29, 0.717) is 24.3 Å². The van der Waals surface area contributed by atoms with Crippen molar-refractivity contribution in [2.45, 2.75) is 24.9 Å². The minimum Gasteiger partial charge on any atom is -0.327 e. The van der Waals surface area contributed by atoms with Gasteiger partial charge in [0.25, 0.3) is 0 Å². The zero-order valence-corrected chi connectivity index (χ0v) is 13.2. The molecule has 2 unspecified atom stereocenters. The second-order valence-electron chi connectivity index (χ2n) is 3.72. The van der Waals surface area contributed by atoms with E-state index in [4.69, 9.17) is 20.6 Å². The second-order valence-corrected chi connectivity index (χ2v) is 8.37. The smallest absolute Gasteiger partial charge is 0.152 e. The Labute approximate surface area is 120 Å². The predicted octanol–water partition coefficient (Wildman–Crippen LogP) is 0.246. The van der Waals surface area contributed by atoms with Crippen molar-refractivity contribution in [2.24, 2.45) is 11.5 Å². The van der Waals surface area contributed by atoms with Gasteiger partial charge in [-0.25, -0.2) is 8.42 Å². The number of hydrogen-bond acceptors (Lipinski definition) is 6. The minimum atomic E-state index is -1.78. The second kappa shape index (κ2) is 11.6. The molecular weight excluding hydrogens is 316 g/mol. The molecule has 0 aliphatic rings. The van der Waals surface area contributed by atoms with Gasteiger partial charge in [-0.15, -0.1) is 0 Å². The third kappa shape index (κ3) is 13.3. The summed E-state index contributed by atoms with van der Waals surface area (Å²) in [5.41, 5.74) is 11.5. The molecule has 0 aliphatic carbocycles. The van der Waals surface area contributed by atoms with Crippen LogP contribution in [0.3, 0.4) is 0 Å². The van der Waals surface area contributed by atoms with Gasteiger partial charge >= 0.3 is 0 Å². The first kappa shape index (κ1) is 18.8. The molecule has 0 aromatic heterocycles. The normalized spacial score (nSPS) is 18.2. The van der Waals surface area contributed by atoms with Crippen molar-refractivity contribution in [3.05, 3.63) is 0 Å². The van der Waals surface area contributed by atoms with Crippen molar-refractivity contribution in [3.63, 3.8) is 0 Å². The molecule has 0 bridgehead atoms. The summed E-state index contributed by atoms with van der Waals surface area (Å²) < 4.78 is 38.0. The Morgan fingerprint density at radius 2 is 1.22 bits per heavy atom. The molecule has 6 N–H and O–H groups in total. The third-order valence-electron chi connectivity index (χ3n) is 1.97. The molecule has 0 rings (SSSR count). The Hall–Kier alpha value is 0.840. The van der Waals surface area contributed by atoms with Crippen LogP contribution in [0.5, 0.6) is 0 Å². The van der Waals surface area contributed by atoms with E-state index in [0.717, 1.165) is 0 Å². The van der Waals surface area contributed by atoms with Crippen molar-refractivity contribution >= 4 is 43.7 Å². The topological polar surface area (TPSA) is 127 Å². The van der Waals surface area contributed by atoms with Crippen molar-refractivity contribution in [3.8, 4) is 0 Å². The summed E-state index contributed by atoms with van der Waals surface area (Å²) in [4.78, 5) is 0. The summed E-state index contributed by atoms with van der Waals surface area (Å²) in [6.45, 7) is 0. The third-order valence-corrected chi connectivity index (χ3v) is 5.76. The standard InChI is InChI=1S/C8H20N2O4S4/c9-7(1-3-17(11)12)5-15-16-6-8(10)2-4-18(13)14/h7-8H,1-6,9-10H2,(H,11,12)(H,13,14)/t7-,8-/m1/s1. The Balaban J connectivity index is 3.43. The van der Waals surface area contributed by atoms with Gasteiger partial charge in [0.15, 0.2) is 22.2 Å². The Morgan fingerprint density at radius 3 is 1.50 bits per heavy atom. The van der Waals surface area contributed by atoms with Crippen molar-refractivity contribution in [2.75, 3.05) is 23.0 Å². The molecule has 0 aliphatic heterocycles. The van der Waals surface area contributed by atoms with E-state index >= 15 is 0 Å². The molecule has 0 heterocycles. The van der Waals surface area contributed by atoms with Crippen LogP contribution in [0.15, 0.2) is 0 Å². The molecule has 0 spiro atoms. The summed E-state index contributed by atoms with van der Waals surface area (Å²) in [7, 11) is 3.14. The van der Waals surface area contributed by atoms with E-state index in [-0.39, 0.29) is 23.6 Å². The molecule has 0 saturated carbocycles. The molecular formula is C8H20N2O4S4. The maximum atomic E-state index is 10.4. The van der Waals surface area contributed by atoms with Crippen LogP contribution in [0.25, 0.3) is 0 Å². The fourth-order valence-electron chi connectivity index (χ4n) is 0.942. The lowest BCUT2D eigenvalue weighted by atomic mass is 10.3. The Kier molecular flexibility index (Phi) is 12.2. The Bertz CT molecular complexity index is 243. The van der Waals surface area contributed by atoms with Gasteiger partial charge in [-0.2, -0.15) is 0 Å². The molecule has 0 fully saturated rings. The monoisotopic (exact) mass is 336 g/mol. The fraction of sp³-hybridized carbons (Fsp3) is 1.00. The number of hydrogen-bond donors (Lipinski definition) is 4. The molecule has 18 heavy (non-hydrogen) atoms. The summed E-state index contributed by atoms with van der Waals surface area (Å²) >= 11 is -3.55. The minimum absolute atomic E-state index is 0.0974. The number of rotatable bonds is 11. The van der Waals surface area contributed by atoms with E-state index in [1.807, 2.05) is 0 Å². The molecule has 0 aromatic carbocycles. The van der Waals surface area contributed by atoms with Gasteiger partial charge in [0.2, 0.25) is 0 Å². The van der Waals surface area contributed by atoms with Crippen LogP contribution in [0, 0.1) is 0 Å². The Morgan fingerprint density at radius 1 is 0.889 bits per heavy atom. The summed E-state index contributed by atoms with van der Waals surface area (Å²) in [5, 5.41) is 0. The molecule has 110 valence electrons. The highest BCUT2D eigenvalue weighted by atomic mass is 33.1. The van der Waals surface area contributed by atoms with Gasteiger partial charge in [0.05, 0.1) is 11.5 Å². The van der Waals surface area contributed by atoms with Crippen molar-refractivity contribution < 1.29 is 17.5 Å². The maximum absolute atomic E-state index is 10.4. The zero-order valence-electron chi connectivity index (χ0n) is 9.90. The van der Waals surface area contributed by atoms with Crippen LogP contribution in [0.1, 0.15) is 12.8 Å². The lowest BCUT2D eigenvalue weighted by Crippen LogP contribution is -2.26. The van der Waals surface area contributed by atoms with E-state index in [1.54, 1.807) is 21.6 Å². The molecule has 10 heteroatoms. The summed E-state index contributed by atoms with van der Waals surface area (Å²) in [6, 6.07) is -0.195. The first-order valence-electron chi connectivity index (χ1n) is 5.32. The summed E-state index contributed by atoms with van der Waals surface area (Å²) in [5.74, 6) is 1.80. The summed E-state index contributed by atoms with van der Waals surface area (Å²) in [6.07, 6.45) is 1.04. The van der Waals surface area contributed by atoms with Crippen LogP contribution in [0.4, 0.5) is 0 Å². The van der Waals surface area contributed by atoms with Crippen LogP contribution < -0.4 is 11.5 Å². The van der Waals surface area contributed by atoms with Crippen LogP contribution >= 0.6 is 21.6 Å². The van der Waals surface area contributed by atoms with E-state index in [2.05, 4.69) is 0 Å². The zero-order chi connectivity index (χ0) is 14.0. The predicted molar refractivity (Wildman–Crippen MR) is 81.4 cm³/mol. The van der Waals surface area contributed by atoms with Gasteiger partial charge in [0, 0.05) is 23.6 Å². The van der Waals surface area contributed by atoms with E-state index in [1.165, 1.54) is 0 Å². The molecule has 0 amide bonds. The van der Waals surface area contributed by atoms with Crippen molar-refractivity contribution in [1.82, 2.24) is 0 Å². The van der Waals surface area contributed by atoms with E-state index < -0.39 is 22.2 Å². The fourth-order valence-corrected chi connectivity index (χ4v) is 4.45. The number of nitrogens with two attached hydrogens (primary N) is 2. The molecule has 6 nitrogen and oxygen atoms in total. The largest absolute Gasteiger partial charge is 0.327 e. The van der Waals surface area contributed by atoms with Gasteiger partial charge in [-0.1, -0.05) is 21.6 Å². The quantitative estimate of drug-likeness (QED) is 0.240. The first-order valence-corrected chi connectivity index (χ1v) is 10.4. The SMILES string of the molecule is N[C@H](CCS(=O)O)CSSC[C@H](N)CCS(=O)O.